The van der Waals surface area contributed by atoms with Crippen molar-refractivity contribution >= 4 is 37.8 Å². The van der Waals surface area contributed by atoms with Crippen LogP contribution in [0.25, 0.3) is 32.9 Å². The summed E-state index contributed by atoms with van der Waals surface area (Å²) in [6, 6.07) is 17.1. The van der Waals surface area contributed by atoms with Gasteiger partial charge in [-0.05, 0) is 90.0 Å². The molecule has 2 N–H and O–H groups in total. The Balaban J connectivity index is 1.69. The number of aryl methyl sites for hydroxylation is 4. The third-order valence-corrected chi connectivity index (χ3v) is 8.37. The van der Waals surface area contributed by atoms with Crippen LogP contribution in [0.1, 0.15) is 46.7 Å². The van der Waals surface area contributed by atoms with Gasteiger partial charge in [0.15, 0.2) is 0 Å². The van der Waals surface area contributed by atoms with E-state index in [0.29, 0.717) is 24.0 Å². The van der Waals surface area contributed by atoms with E-state index in [2.05, 4.69) is 6.07 Å². The van der Waals surface area contributed by atoms with Gasteiger partial charge in [-0.3, -0.25) is 0 Å². The fourth-order valence-electron chi connectivity index (χ4n) is 5.03. The van der Waals surface area contributed by atoms with Crippen LogP contribution in [0.15, 0.2) is 70.0 Å². The van der Waals surface area contributed by atoms with E-state index in [4.69, 9.17) is 13.7 Å². The molecule has 1 heterocycles. The molecule has 5 rings (SSSR count). The monoisotopic (exact) mass is 544 g/mol. The van der Waals surface area contributed by atoms with Crippen LogP contribution in [0, 0.1) is 13.8 Å². The van der Waals surface area contributed by atoms with Crippen molar-refractivity contribution < 1.29 is 32.0 Å². The smallest absolute Gasteiger partial charge is 0.339 e. The zero-order valence-corrected chi connectivity index (χ0v) is 22.8. The second kappa shape index (κ2) is 9.78. The Kier molecular flexibility index (Phi) is 6.60. The van der Waals surface area contributed by atoms with Crippen molar-refractivity contribution in [1.82, 2.24) is 0 Å². The summed E-state index contributed by atoms with van der Waals surface area (Å²) in [6.07, 6.45) is 1.01. The summed E-state index contributed by atoms with van der Waals surface area (Å²) in [7, 11) is -4.36. The van der Waals surface area contributed by atoms with Crippen LogP contribution in [-0.2, 0) is 23.0 Å². The lowest BCUT2D eigenvalue weighted by Gasteiger charge is -2.18. The molecule has 0 aliphatic heterocycles. The van der Waals surface area contributed by atoms with E-state index in [1.165, 1.54) is 0 Å². The molecule has 5 aromatic rings. The fourth-order valence-corrected chi connectivity index (χ4v) is 6.05. The van der Waals surface area contributed by atoms with Gasteiger partial charge in [0.05, 0.1) is 0 Å². The van der Waals surface area contributed by atoms with Crippen LogP contribution in [0.4, 0.5) is 0 Å². The standard InChI is InChI=1S/C31H28O7S/c1-5-19-13-22(29-24-10-8-7-9-21(24)15-27-28(29)17(3)18(4)37-27)14-20(6-2)30(19)38-39(35,36)23-11-12-25(31(33)34)26(32)16-23/h7-16,32H,5-6H2,1-4H3,(H,33,34). The number of carbonyl (C=O) groups is 1. The van der Waals surface area contributed by atoms with Crippen molar-refractivity contribution in [2.75, 3.05) is 0 Å². The first-order valence-corrected chi connectivity index (χ1v) is 14.0. The van der Waals surface area contributed by atoms with E-state index in [9.17, 15) is 18.3 Å². The SMILES string of the molecule is CCc1cc(-c2c3ccccc3cc3oc(C)c(C)c23)cc(CC)c1OS(=O)(=O)c1ccc(C(=O)O)c(O)c1. The van der Waals surface area contributed by atoms with Gasteiger partial charge < -0.3 is 18.8 Å². The summed E-state index contributed by atoms with van der Waals surface area (Å²) in [4.78, 5) is 10.9. The Morgan fingerprint density at radius 1 is 0.949 bits per heavy atom. The number of furan rings is 1. The number of aromatic hydroxyl groups is 1. The number of phenols is 1. The highest BCUT2D eigenvalue weighted by atomic mass is 32.2. The van der Waals surface area contributed by atoms with Crippen molar-refractivity contribution in [3.63, 3.8) is 0 Å². The number of carboxylic acid groups (broad SMARTS) is 1. The topological polar surface area (TPSA) is 114 Å². The molecule has 8 heteroatoms. The van der Waals surface area contributed by atoms with Crippen molar-refractivity contribution in [2.45, 2.75) is 45.4 Å². The summed E-state index contributed by atoms with van der Waals surface area (Å²) in [6.45, 7) is 7.84. The predicted molar refractivity (Wildman–Crippen MR) is 150 cm³/mol. The van der Waals surface area contributed by atoms with Crippen molar-refractivity contribution in [2.24, 2.45) is 0 Å². The number of carboxylic acids is 1. The number of rotatable bonds is 7. The van der Waals surface area contributed by atoms with Crippen LogP contribution >= 0.6 is 0 Å². The minimum Gasteiger partial charge on any atom is -0.507 e. The maximum atomic E-state index is 13.2. The van der Waals surface area contributed by atoms with Gasteiger partial charge in [0, 0.05) is 17.0 Å². The molecule has 200 valence electrons. The first-order valence-electron chi connectivity index (χ1n) is 12.6. The largest absolute Gasteiger partial charge is 0.507 e. The molecule has 0 saturated heterocycles. The fraction of sp³-hybridized carbons (Fsp3) is 0.194. The van der Waals surface area contributed by atoms with Gasteiger partial charge in [-0.15, -0.1) is 0 Å². The molecule has 0 aliphatic rings. The Bertz CT molecular complexity index is 1860. The third kappa shape index (κ3) is 4.51. The van der Waals surface area contributed by atoms with Crippen molar-refractivity contribution in [1.29, 1.82) is 0 Å². The molecular formula is C31H28O7S. The molecule has 0 fully saturated rings. The summed E-state index contributed by atoms with van der Waals surface area (Å²) in [5.74, 6) is -0.932. The Labute approximate surface area is 226 Å². The minimum atomic E-state index is -4.36. The Morgan fingerprint density at radius 3 is 2.23 bits per heavy atom. The molecule has 7 nitrogen and oxygen atoms in total. The molecule has 4 aromatic carbocycles. The number of benzene rings is 4. The van der Waals surface area contributed by atoms with Crippen molar-refractivity contribution in [3.8, 4) is 22.6 Å². The summed E-state index contributed by atoms with van der Waals surface area (Å²) >= 11 is 0. The van der Waals surface area contributed by atoms with Crippen LogP contribution in [0.2, 0.25) is 0 Å². The Hall–Kier alpha value is -4.30. The van der Waals surface area contributed by atoms with E-state index < -0.39 is 27.4 Å². The maximum Gasteiger partial charge on any atom is 0.339 e. The van der Waals surface area contributed by atoms with E-state index in [-0.39, 0.29) is 10.6 Å². The lowest BCUT2D eigenvalue weighted by molar-refractivity contribution is 0.0693. The van der Waals surface area contributed by atoms with Gasteiger partial charge in [-0.1, -0.05) is 38.1 Å². The molecule has 39 heavy (non-hydrogen) atoms. The lowest BCUT2D eigenvalue weighted by atomic mass is 9.90. The van der Waals surface area contributed by atoms with Crippen LogP contribution in [0.3, 0.4) is 0 Å². The molecule has 0 spiro atoms. The highest BCUT2D eigenvalue weighted by Gasteiger charge is 2.25. The van der Waals surface area contributed by atoms with Crippen LogP contribution in [0.5, 0.6) is 11.5 Å². The molecule has 0 bridgehead atoms. The maximum absolute atomic E-state index is 13.2. The van der Waals surface area contributed by atoms with Gasteiger partial charge >= 0.3 is 16.1 Å². The quantitative estimate of drug-likeness (QED) is 0.209. The van der Waals surface area contributed by atoms with E-state index in [1.807, 2.05) is 64.1 Å². The number of hydrogen-bond acceptors (Lipinski definition) is 6. The Morgan fingerprint density at radius 2 is 1.62 bits per heavy atom. The predicted octanol–water partition coefficient (Wildman–Crippen LogP) is 7.17. The van der Waals surface area contributed by atoms with Gasteiger partial charge in [-0.2, -0.15) is 8.42 Å². The molecular weight excluding hydrogens is 516 g/mol. The average molecular weight is 545 g/mol. The van der Waals surface area contributed by atoms with E-state index in [1.54, 1.807) is 0 Å². The minimum absolute atomic E-state index is 0.238. The second-order valence-electron chi connectivity index (χ2n) is 9.48. The van der Waals surface area contributed by atoms with Gasteiger partial charge in [-0.25, -0.2) is 4.79 Å². The molecule has 0 saturated carbocycles. The number of aromatic carboxylic acids is 1. The lowest BCUT2D eigenvalue weighted by Crippen LogP contribution is -2.13. The summed E-state index contributed by atoms with van der Waals surface area (Å²) in [5.41, 5.74) is 4.81. The van der Waals surface area contributed by atoms with E-state index in [0.717, 1.165) is 62.4 Å². The highest BCUT2D eigenvalue weighted by Crippen LogP contribution is 2.43. The first-order chi connectivity index (χ1) is 18.6. The number of hydrogen-bond donors (Lipinski definition) is 2. The highest BCUT2D eigenvalue weighted by molar-refractivity contribution is 7.87. The molecule has 0 aliphatic carbocycles. The van der Waals surface area contributed by atoms with Gasteiger partial charge in [0.25, 0.3) is 0 Å². The average Bonchev–Trinajstić information content (AvgIpc) is 3.19. The molecule has 0 atom stereocenters. The summed E-state index contributed by atoms with van der Waals surface area (Å²) < 4.78 is 38.2. The van der Waals surface area contributed by atoms with Gasteiger partial charge in [0.1, 0.15) is 33.3 Å². The van der Waals surface area contributed by atoms with Gasteiger partial charge in [0.2, 0.25) is 0 Å². The third-order valence-electron chi connectivity index (χ3n) is 7.15. The molecule has 0 radical (unpaired) electrons. The normalized spacial score (nSPS) is 11.8. The van der Waals surface area contributed by atoms with Crippen LogP contribution in [-0.4, -0.2) is 24.6 Å². The van der Waals surface area contributed by atoms with E-state index >= 15 is 0 Å². The molecule has 0 amide bonds. The van der Waals surface area contributed by atoms with Crippen LogP contribution < -0.4 is 4.18 Å². The zero-order valence-electron chi connectivity index (χ0n) is 22.0. The zero-order chi connectivity index (χ0) is 28.1. The number of fused-ring (bicyclic) bond motifs is 2. The second-order valence-corrected chi connectivity index (χ2v) is 11.0. The summed E-state index contributed by atoms with van der Waals surface area (Å²) in [5, 5.41) is 22.3. The molecule has 0 unspecified atom stereocenters. The molecule has 1 aromatic heterocycles. The van der Waals surface area contributed by atoms with Crippen molar-refractivity contribution in [3.05, 3.63) is 88.7 Å². The first kappa shape index (κ1) is 26.3.